The van der Waals surface area contributed by atoms with Crippen LogP contribution in [-0.2, 0) is 0 Å². The summed E-state index contributed by atoms with van der Waals surface area (Å²) < 4.78 is 10.1. The molecule has 0 radical (unpaired) electrons. The van der Waals surface area contributed by atoms with Gasteiger partial charge in [-0.25, -0.2) is 9.97 Å². The van der Waals surface area contributed by atoms with Gasteiger partial charge < -0.3 is 9.47 Å². The van der Waals surface area contributed by atoms with Crippen LogP contribution in [0.2, 0.25) is 0 Å². The van der Waals surface area contributed by atoms with Crippen LogP contribution in [-0.4, -0.2) is 24.2 Å². The van der Waals surface area contributed by atoms with Crippen molar-refractivity contribution >= 4 is 5.57 Å². The first kappa shape index (κ1) is 17.7. The molecule has 0 atom stereocenters. The number of nitrogens with zero attached hydrogens (tertiary/aromatic N) is 2. The van der Waals surface area contributed by atoms with Gasteiger partial charge in [0.05, 0.1) is 14.2 Å². The topological polar surface area (TPSA) is 44.2 Å². The minimum Gasteiger partial charge on any atom is -0.481 e. The smallest absolute Gasteiger partial charge is 0.220 e. The van der Waals surface area contributed by atoms with Crippen LogP contribution in [0.25, 0.3) is 5.57 Å². The molecular formula is C18H24N2O2. The third-order valence-corrected chi connectivity index (χ3v) is 3.04. The molecule has 118 valence electrons. The normalized spacial score (nSPS) is 9.73. The largest absolute Gasteiger partial charge is 0.481 e. The molecule has 4 heteroatoms. The molecule has 0 saturated heterocycles. The van der Waals surface area contributed by atoms with Crippen LogP contribution >= 0.6 is 0 Å². The fourth-order valence-corrected chi connectivity index (χ4v) is 1.89. The molecule has 4 nitrogen and oxygen atoms in total. The van der Waals surface area contributed by atoms with Crippen LogP contribution in [0.15, 0.2) is 43.2 Å². The van der Waals surface area contributed by atoms with Crippen molar-refractivity contribution in [1.29, 1.82) is 0 Å². The standard InChI is InChI=1S/C9H13NO.C9H11NO/c2*1-7(2)8-5-4-6-10-9(8)11-3/h4-7H,1-3H3;4-6H,1H2,2-3H3. The highest BCUT2D eigenvalue weighted by Crippen LogP contribution is 2.22. The number of hydrogen-bond donors (Lipinski definition) is 0. The first-order valence-corrected chi connectivity index (χ1v) is 7.15. The molecular weight excluding hydrogens is 276 g/mol. The summed E-state index contributed by atoms with van der Waals surface area (Å²) in [6.07, 6.45) is 3.44. The van der Waals surface area contributed by atoms with Gasteiger partial charge in [0.25, 0.3) is 0 Å². The summed E-state index contributed by atoms with van der Waals surface area (Å²) in [7, 11) is 3.25. The Morgan fingerprint density at radius 2 is 1.55 bits per heavy atom. The molecule has 0 amide bonds. The third kappa shape index (κ3) is 4.88. The zero-order valence-corrected chi connectivity index (χ0v) is 14.0. The van der Waals surface area contributed by atoms with E-state index in [1.807, 2.05) is 31.2 Å². The number of rotatable bonds is 4. The second-order valence-electron chi connectivity index (χ2n) is 5.10. The first-order valence-electron chi connectivity index (χ1n) is 7.15. The fourth-order valence-electron chi connectivity index (χ4n) is 1.89. The summed E-state index contributed by atoms with van der Waals surface area (Å²) in [5.41, 5.74) is 3.10. The Balaban J connectivity index is 0.000000220. The molecule has 0 saturated carbocycles. The number of pyridine rings is 2. The van der Waals surface area contributed by atoms with Crippen molar-refractivity contribution in [2.45, 2.75) is 26.7 Å². The van der Waals surface area contributed by atoms with Crippen molar-refractivity contribution in [3.63, 3.8) is 0 Å². The van der Waals surface area contributed by atoms with Gasteiger partial charge in [0.1, 0.15) is 0 Å². The molecule has 0 bridgehead atoms. The molecule has 0 aliphatic rings. The van der Waals surface area contributed by atoms with Gasteiger partial charge in [0.15, 0.2) is 0 Å². The van der Waals surface area contributed by atoms with E-state index in [1.165, 1.54) is 0 Å². The maximum atomic E-state index is 5.10. The maximum Gasteiger partial charge on any atom is 0.220 e. The maximum absolute atomic E-state index is 5.10. The van der Waals surface area contributed by atoms with E-state index in [0.717, 1.165) is 22.6 Å². The Morgan fingerprint density at radius 3 is 1.95 bits per heavy atom. The van der Waals surface area contributed by atoms with Gasteiger partial charge in [-0.3, -0.25) is 0 Å². The first-order chi connectivity index (χ1) is 10.5. The average Bonchev–Trinajstić information content (AvgIpc) is 2.55. The Bertz CT molecular complexity index is 610. The van der Waals surface area contributed by atoms with E-state index < -0.39 is 0 Å². The van der Waals surface area contributed by atoms with Crippen LogP contribution in [0.1, 0.15) is 37.8 Å². The van der Waals surface area contributed by atoms with Crippen LogP contribution in [0.3, 0.4) is 0 Å². The molecule has 22 heavy (non-hydrogen) atoms. The summed E-state index contributed by atoms with van der Waals surface area (Å²) in [4.78, 5) is 8.13. The van der Waals surface area contributed by atoms with Gasteiger partial charge in [-0.2, -0.15) is 0 Å². The lowest BCUT2D eigenvalue weighted by Gasteiger charge is -2.08. The van der Waals surface area contributed by atoms with Crippen molar-refractivity contribution in [2.75, 3.05) is 14.2 Å². The predicted molar refractivity (Wildman–Crippen MR) is 90.4 cm³/mol. The minimum absolute atomic E-state index is 0.471. The van der Waals surface area contributed by atoms with E-state index >= 15 is 0 Å². The molecule has 0 aliphatic carbocycles. The van der Waals surface area contributed by atoms with E-state index in [0.29, 0.717) is 11.8 Å². The zero-order valence-electron chi connectivity index (χ0n) is 14.0. The Kier molecular flexibility index (Phi) is 7.09. The van der Waals surface area contributed by atoms with Crippen LogP contribution in [0.5, 0.6) is 11.8 Å². The summed E-state index contributed by atoms with van der Waals surface area (Å²) >= 11 is 0. The lowest BCUT2D eigenvalue weighted by atomic mass is 10.1. The molecule has 0 spiro atoms. The quantitative estimate of drug-likeness (QED) is 0.842. The third-order valence-electron chi connectivity index (χ3n) is 3.04. The molecule has 2 aromatic rings. The van der Waals surface area contributed by atoms with E-state index in [9.17, 15) is 0 Å². The van der Waals surface area contributed by atoms with Gasteiger partial charge >= 0.3 is 0 Å². The van der Waals surface area contributed by atoms with Gasteiger partial charge in [0, 0.05) is 23.5 Å². The van der Waals surface area contributed by atoms with E-state index in [2.05, 4.69) is 30.4 Å². The second-order valence-corrected chi connectivity index (χ2v) is 5.10. The molecule has 2 heterocycles. The van der Waals surface area contributed by atoms with Gasteiger partial charge in [0.2, 0.25) is 11.8 Å². The monoisotopic (exact) mass is 300 g/mol. The van der Waals surface area contributed by atoms with E-state index in [-0.39, 0.29) is 0 Å². The number of methoxy groups -OCH3 is 2. The van der Waals surface area contributed by atoms with Crippen molar-refractivity contribution in [3.05, 3.63) is 54.4 Å². The summed E-state index contributed by atoms with van der Waals surface area (Å²) in [5.74, 6) is 1.85. The average molecular weight is 300 g/mol. The number of aromatic nitrogens is 2. The van der Waals surface area contributed by atoms with Gasteiger partial charge in [-0.05, 0) is 36.6 Å². The lowest BCUT2D eigenvalue weighted by molar-refractivity contribution is 0.390. The van der Waals surface area contributed by atoms with Gasteiger partial charge in [-0.1, -0.05) is 26.5 Å². The summed E-state index contributed by atoms with van der Waals surface area (Å²) in [6.45, 7) is 9.99. The molecule has 0 aliphatic heterocycles. The van der Waals surface area contributed by atoms with E-state index in [4.69, 9.17) is 9.47 Å². The Morgan fingerprint density at radius 1 is 1.00 bits per heavy atom. The Hall–Kier alpha value is -2.36. The SMILES string of the molecule is C=C(C)c1cccnc1OC.COc1ncccc1C(C)C. The van der Waals surface area contributed by atoms with Crippen molar-refractivity contribution < 1.29 is 9.47 Å². The molecule has 2 aromatic heterocycles. The van der Waals surface area contributed by atoms with Crippen LogP contribution in [0, 0.1) is 0 Å². The Labute approximate surface area is 132 Å². The number of hydrogen-bond acceptors (Lipinski definition) is 4. The predicted octanol–water partition coefficient (Wildman–Crippen LogP) is 4.34. The van der Waals surface area contributed by atoms with Crippen molar-refractivity contribution in [1.82, 2.24) is 9.97 Å². The molecule has 2 rings (SSSR count). The molecule has 0 N–H and O–H groups in total. The van der Waals surface area contributed by atoms with Crippen LogP contribution in [0.4, 0.5) is 0 Å². The minimum atomic E-state index is 0.471. The molecule has 0 aromatic carbocycles. The summed E-state index contributed by atoms with van der Waals surface area (Å²) in [5, 5.41) is 0. The lowest BCUT2D eigenvalue weighted by Crippen LogP contribution is -1.95. The van der Waals surface area contributed by atoms with Crippen molar-refractivity contribution in [2.24, 2.45) is 0 Å². The van der Waals surface area contributed by atoms with Crippen molar-refractivity contribution in [3.8, 4) is 11.8 Å². The number of allylic oxidation sites excluding steroid dienone is 1. The number of ether oxygens (including phenoxy) is 2. The highest BCUT2D eigenvalue weighted by molar-refractivity contribution is 5.65. The highest BCUT2D eigenvalue weighted by Gasteiger charge is 2.05. The highest BCUT2D eigenvalue weighted by atomic mass is 16.5. The second kappa shape index (κ2) is 8.82. The van der Waals surface area contributed by atoms with E-state index in [1.54, 1.807) is 26.6 Å². The summed E-state index contributed by atoms with van der Waals surface area (Å²) in [6, 6.07) is 7.77. The zero-order chi connectivity index (χ0) is 16.5. The molecule has 0 fully saturated rings. The van der Waals surface area contributed by atoms with Crippen LogP contribution < -0.4 is 9.47 Å². The molecule has 0 unspecified atom stereocenters. The van der Waals surface area contributed by atoms with Gasteiger partial charge in [-0.15, -0.1) is 0 Å². The fraction of sp³-hybridized carbons (Fsp3) is 0.333.